The van der Waals surface area contributed by atoms with Crippen molar-refractivity contribution in [1.82, 2.24) is 4.98 Å². The third kappa shape index (κ3) is 4.72. The van der Waals surface area contributed by atoms with E-state index in [0.29, 0.717) is 23.1 Å². The van der Waals surface area contributed by atoms with E-state index in [9.17, 15) is 15.0 Å². The number of halogens is 2. The number of phenolic OH excluding ortho intramolecular Hbond substituents is 2. The van der Waals surface area contributed by atoms with Crippen LogP contribution in [0.15, 0.2) is 48.7 Å². The first-order chi connectivity index (χ1) is 13.9. The highest BCUT2D eigenvalue weighted by molar-refractivity contribution is 6.33. The Morgan fingerprint density at radius 3 is 2.48 bits per heavy atom. The monoisotopic (exact) mass is 433 g/mol. The molecule has 0 radical (unpaired) electrons. The number of pyridine rings is 1. The highest BCUT2D eigenvalue weighted by Crippen LogP contribution is 2.37. The number of benzene rings is 2. The molecule has 0 unspecified atom stereocenters. The quantitative estimate of drug-likeness (QED) is 0.521. The number of methoxy groups -OCH3 is 1. The van der Waals surface area contributed by atoms with Crippen LogP contribution in [0.3, 0.4) is 0 Å². The summed E-state index contributed by atoms with van der Waals surface area (Å²) in [6.45, 7) is 0. The van der Waals surface area contributed by atoms with Gasteiger partial charge in [-0.2, -0.15) is 0 Å². The standard InChI is InChI=1S/C21H17Cl2NO5/c1-28-21(27)18-15(19(23)17(26)11-16(18)25)9-4-12-3-2-10-24-20(12)29-14-7-5-13(22)6-8-14/h2-3,5-8,10-11,25-26H,4,9H2,1H3. The van der Waals surface area contributed by atoms with E-state index in [1.54, 1.807) is 36.5 Å². The molecule has 0 saturated heterocycles. The van der Waals surface area contributed by atoms with Crippen LogP contribution in [0.5, 0.6) is 23.1 Å². The smallest absolute Gasteiger partial charge is 0.341 e. The molecular formula is C21H17Cl2NO5. The maximum atomic E-state index is 12.1. The summed E-state index contributed by atoms with van der Waals surface area (Å²) >= 11 is 12.1. The van der Waals surface area contributed by atoms with Crippen LogP contribution in [-0.2, 0) is 17.6 Å². The van der Waals surface area contributed by atoms with Gasteiger partial charge in [-0.25, -0.2) is 9.78 Å². The summed E-state index contributed by atoms with van der Waals surface area (Å²) in [7, 11) is 1.20. The number of phenols is 2. The lowest BCUT2D eigenvalue weighted by atomic mass is 9.98. The first kappa shape index (κ1) is 20.8. The summed E-state index contributed by atoms with van der Waals surface area (Å²) in [5, 5.41) is 20.6. The number of nitrogens with zero attached hydrogens (tertiary/aromatic N) is 1. The van der Waals surface area contributed by atoms with E-state index >= 15 is 0 Å². The number of hydrogen-bond donors (Lipinski definition) is 2. The molecule has 1 heterocycles. The van der Waals surface area contributed by atoms with Crippen LogP contribution in [0.2, 0.25) is 10.0 Å². The number of aryl methyl sites for hydroxylation is 1. The number of aromatic nitrogens is 1. The second kappa shape index (κ2) is 9.03. The molecule has 2 aromatic carbocycles. The molecule has 0 aliphatic carbocycles. The Kier molecular flexibility index (Phi) is 6.46. The third-order valence-electron chi connectivity index (χ3n) is 4.23. The molecule has 3 aromatic rings. The summed E-state index contributed by atoms with van der Waals surface area (Å²) in [6.07, 6.45) is 2.21. The van der Waals surface area contributed by atoms with Gasteiger partial charge in [0.2, 0.25) is 5.88 Å². The van der Waals surface area contributed by atoms with Gasteiger partial charge in [-0.15, -0.1) is 0 Å². The van der Waals surface area contributed by atoms with Crippen molar-refractivity contribution in [3.8, 4) is 23.1 Å². The van der Waals surface area contributed by atoms with Gasteiger partial charge in [0.25, 0.3) is 0 Å². The Labute approximate surface area is 177 Å². The second-order valence-corrected chi connectivity index (χ2v) is 6.91. The fourth-order valence-corrected chi connectivity index (χ4v) is 3.20. The van der Waals surface area contributed by atoms with E-state index in [1.807, 2.05) is 6.07 Å². The minimum absolute atomic E-state index is 0.0211. The number of carbonyl (C=O) groups is 1. The Bertz CT molecular complexity index is 1040. The molecule has 2 N–H and O–H groups in total. The van der Waals surface area contributed by atoms with Crippen LogP contribution < -0.4 is 4.74 Å². The van der Waals surface area contributed by atoms with Crippen LogP contribution in [0.25, 0.3) is 0 Å². The molecule has 29 heavy (non-hydrogen) atoms. The minimum atomic E-state index is -0.747. The molecular weight excluding hydrogens is 417 g/mol. The molecule has 0 aliphatic heterocycles. The van der Waals surface area contributed by atoms with Crippen LogP contribution >= 0.6 is 23.2 Å². The SMILES string of the molecule is COC(=O)c1c(O)cc(O)c(Cl)c1CCc1cccnc1Oc1ccc(Cl)cc1. The highest BCUT2D eigenvalue weighted by atomic mass is 35.5. The molecule has 0 fully saturated rings. The molecule has 0 spiro atoms. The number of esters is 1. The number of carbonyl (C=O) groups excluding carboxylic acids is 1. The predicted octanol–water partition coefficient (Wildman–Crippen LogP) is 5.16. The first-order valence-electron chi connectivity index (χ1n) is 8.59. The summed E-state index contributed by atoms with van der Waals surface area (Å²) < 4.78 is 10.6. The van der Waals surface area contributed by atoms with Gasteiger partial charge in [0.1, 0.15) is 22.8 Å². The number of aromatic hydroxyl groups is 2. The summed E-state index contributed by atoms with van der Waals surface area (Å²) in [6, 6.07) is 11.5. The third-order valence-corrected chi connectivity index (χ3v) is 4.91. The molecule has 0 saturated carbocycles. The zero-order valence-corrected chi connectivity index (χ0v) is 16.9. The predicted molar refractivity (Wildman–Crippen MR) is 109 cm³/mol. The Morgan fingerprint density at radius 1 is 1.07 bits per heavy atom. The number of hydrogen-bond acceptors (Lipinski definition) is 6. The molecule has 0 bridgehead atoms. The van der Waals surface area contributed by atoms with Crippen LogP contribution in [0.4, 0.5) is 0 Å². The van der Waals surface area contributed by atoms with Gasteiger partial charge in [0.05, 0.1) is 12.1 Å². The van der Waals surface area contributed by atoms with Crippen LogP contribution in [0, 0.1) is 0 Å². The van der Waals surface area contributed by atoms with Crippen LogP contribution in [0.1, 0.15) is 21.5 Å². The van der Waals surface area contributed by atoms with Gasteiger partial charge in [-0.1, -0.05) is 29.3 Å². The normalized spacial score (nSPS) is 10.6. The van der Waals surface area contributed by atoms with Gasteiger partial charge in [0.15, 0.2) is 0 Å². The number of ether oxygens (including phenoxy) is 2. The lowest BCUT2D eigenvalue weighted by Gasteiger charge is -2.14. The van der Waals surface area contributed by atoms with Crippen LogP contribution in [-0.4, -0.2) is 28.3 Å². The van der Waals surface area contributed by atoms with E-state index in [-0.39, 0.29) is 28.3 Å². The van der Waals surface area contributed by atoms with Gasteiger partial charge in [-0.05, 0) is 48.7 Å². The molecule has 3 rings (SSSR count). The fourth-order valence-electron chi connectivity index (χ4n) is 2.83. The second-order valence-electron chi connectivity index (χ2n) is 6.10. The Balaban J connectivity index is 1.89. The minimum Gasteiger partial charge on any atom is -0.507 e. The lowest BCUT2D eigenvalue weighted by Crippen LogP contribution is -2.08. The topological polar surface area (TPSA) is 88.9 Å². The molecule has 1 aromatic heterocycles. The average molecular weight is 434 g/mol. The van der Waals surface area contributed by atoms with E-state index in [0.717, 1.165) is 11.6 Å². The summed E-state index contributed by atoms with van der Waals surface area (Å²) in [5.41, 5.74) is 0.939. The van der Waals surface area contributed by atoms with E-state index < -0.39 is 11.7 Å². The molecule has 6 nitrogen and oxygen atoms in total. The van der Waals surface area contributed by atoms with Crippen molar-refractivity contribution >= 4 is 29.2 Å². The maximum absolute atomic E-state index is 12.1. The van der Waals surface area contributed by atoms with Gasteiger partial charge in [0, 0.05) is 22.8 Å². The molecule has 0 atom stereocenters. The van der Waals surface area contributed by atoms with Crippen molar-refractivity contribution in [3.05, 3.63) is 75.4 Å². The largest absolute Gasteiger partial charge is 0.507 e. The lowest BCUT2D eigenvalue weighted by molar-refractivity contribution is 0.0596. The van der Waals surface area contributed by atoms with Crippen molar-refractivity contribution in [3.63, 3.8) is 0 Å². The van der Waals surface area contributed by atoms with E-state index in [1.165, 1.54) is 7.11 Å². The van der Waals surface area contributed by atoms with E-state index in [2.05, 4.69) is 4.98 Å². The zero-order valence-electron chi connectivity index (χ0n) is 15.4. The van der Waals surface area contributed by atoms with E-state index in [4.69, 9.17) is 32.7 Å². The number of rotatable bonds is 6. The van der Waals surface area contributed by atoms with Crippen molar-refractivity contribution < 1.29 is 24.5 Å². The van der Waals surface area contributed by atoms with Crippen molar-refractivity contribution in [2.24, 2.45) is 0 Å². The summed E-state index contributed by atoms with van der Waals surface area (Å²) in [4.78, 5) is 16.4. The Morgan fingerprint density at radius 2 is 1.79 bits per heavy atom. The summed E-state index contributed by atoms with van der Waals surface area (Å²) in [5.74, 6) is -0.524. The first-order valence-corrected chi connectivity index (χ1v) is 9.35. The Hall–Kier alpha value is -2.96. The molecule has 8 heteroatoms. The molecule has 150 valence electrons. The van der Waals surface area contributed by atoms with Gasteiger partial charge >= 0.3 is 5.97 Å². The molecule has 0 aliphatic rings. The van der Waals surface area contributed by atoms with Crippen molar-refractivity contribution in [2.45, 2.75) is 12.8 Å². The highest BCUT2D eigenvalue weighted by Gasteiger charge is 2.23. The maximum Gasteiger partial charge on any atom is 0.341 e. The van der Waals surface area contributed by atoms with Gasteiger partial charge < -0.3 is 19.7 Å². The zero-order chi connectivity index (χ0) is 21.0. The average Bonchev–Trinajstić information content (AvgIpc) is 2.71. The van der Waals surface area contributed by atoms with Crippen molar-refractivity contribution in [1.29, 1.82) is 0 Å². The fraction of sp³-hybridized carbons (Fsp3) is 0.143. The van der Waals surface area contributed by atoms with Crippen molar-refractivity contribution in [2.75, 3.05) is 7.11 Å². The molecule has 0 amide bonds. The van der Waals surface area contributed by atoms with Gasteiger partial charge in [-0.3, -0.25) is 0 Å².